The van der Waals surface area contributed by atoms with E-state index in [1.54, 1.807) is 18.2 Å². The van der Waals surface area contributed by atoms with E-state index in [1.807, 2.05) is 6.07 Å². The summed E-state index contributed by atoms with van der Waals surface area (Å²) in [5.74, 6) is -2.09. The van der Waals surface area contributed by atoms with Crippen molar-refractivity contribution in [2.24, 2.45) is 0 Å². The number of hydrogen-bond donors (Lipinski definition) is 2. The van der Waals surface area contributed by atoms with E-state index in [4.69, 9.17) is 17.3 Å². The molecule has 94 valence electrons. The van der Waals surface area contributed by atoms with Crippen molar-refractivity contribution in [3.8, 4) is 0 Å². The van der Waals surface area contributed by atoms with Crippen LogP contribution in [0.5, 0.6) is 0 Å². The first-order valence-electron chi connectivity index (χ1n) is 5.16. The summed E-state index contributed by atoms with van der Waals surface area (Å²) < 4.78 is 26.3. The standard InChI is InChI=1S/C12H10ClF2N3/c13-8-3-1-2-7(4-8)6-17-12-10(15)5-9(14)11(16)18-12/h1-5H,6H2,(H3,16,17,18). The molecule has 0 aliphatic heterocycles. The average Bonchev–Trinajstić information content (AvgIpc) is 2.32. The summed E-state index contributed by atoms with van der Waals surface area (Å²) in [6, 6.07) is 7.77. The molecule has 1 aromatic carbocycles. The fraction of sp³-hybridized carbons (Fsp3) is 0.0833. The highest BCUT2D eigenvalue weighted by atomic mass is 35.5. The van der Waals surface area contributed by atoms with Crippen molar-refractivity contribution in [2.75, 3.05) is 11.1 Å². The summed E-state index contributed by atoms with van der Waals surface area (Å²) in [7, 11) is 0. The van der Waals surface area contributed by atoms with Gasteiger partial charge in [0.25, 0.3) is 0 Å². The molecule has 0 bridgehead atoms. The third-order valence-corrected chi connectivity index (χ3v) is 2.54. The summed E-state index contributed by atoms with van der Waals surface area (Å²) in [5, 5.41) is 3.32. The van der Waals surface area contributed by atoms with E-state index in [9.17, 15) is 8.78 Å². The van der Waals surface area contributed by atoms with Crippen LogP contribution in [0, 0.1) is 11.6 Å². The van der Waals surface area contributed by atoms with E-state index < -0.39 is 11.6 Å². The van der Waals surface area contributed by atoms with Crippen LogP contribution in [0.3, 0.4) is 0 Å². The van der Waals surface area contributed by atoms with E-state index in [2.05, 4.69) is 10.3 Å². The van der Waals surface area contributed by atoms with E-state index in [0.717, 1.165) is 5.56 Å². The van der Waals surface area contributed by atoms with Gasteiger partial charge >= 0.3 is 0 Å². The lowest BCUT2D eigenvalue weighted by Crippen LogP contribution is -2.06. The predicted molar refractivity (Wildman–Crippen MR) is 67.3 cm³/mol. The summed E-state index contributed by atoms with van der Waals surface area (Å²) in [5.41, 5.74) is 6.12. The molecular weight excluding hydrogens is 260 g/mol. The van der Waals surface area contributed by atoms with Crippen molar-refractivity contribution in [3.05, 3.63) is 52.6 Å². The molecule has 3 N–H and O–H groups in total. The summed E-state index contributed by atoms with van der Waals surface area (Å²) in [6.07, 6.45) is 0. The molecule has 2 rings (SSSR count). The van der Waals surface area contributed by atoms with Crippen molar-refractivity contribution in [1.29, 1.82) is 0 Å². The van der Waals surface area contributed by atoms with E-state index in [-0.39, 0.29) is 11.6 Å². The molecule has 0 amide bonds. The van der Waals surface area contributed by atoms with Gasteiger partial charge in [-0.2, -0.15) is 0 Å². The molecular formula is C12H10ClF2N3. The van der Waals surface area contributed by atoms with Gasteiger partial charge in [-0.05, 0) is 17.7 Å². The van der Waals surface area contributed by atoms with Gasteiger partial charge in [0, 0.05) is 17.6 Å². The van der Waals surface area contributed by atoms with Crippen molar-refractivity contribution in [2.45, 2.75) is 6.54 Å². The van der Waals surface area contributed by atoms with Crippen LogP contribution in [0.4, 0.5) is 20.4 Å². The molecule has 0 aliphatic rings. The number of nitrogens with zero attached hydrogens (tertiary/aromatic N) is 1. The second-order valence-corrected chi connectivity index (χ2v) is 4.11. The largest absolute Gasteiger partial charge is 0.381 e. The van der Waals surface area contributed by atoms with Crippen LogP contribution < -0.4 is 11.1 Å². The lowest BCUT2D eigenvalue weighted by atomic mass is 10.2. The van der Waals surface area contributed by atoms with Crippen LogP contribution >= 0.6 is 11.6 Å². The van der Waals surface area contributed by atoms with Crippen LogP contribution in [0.1, 0.15) is 5.56 Å². The molecule has 0 saturated carbocycles. The normalized spacial score (nSPS) is 10.4. The Morgan fingerprint density at radius 3 is 2.72 bits per heavy atom. The summed E-state index contributed by atoms with van der Waals surface area (Å²) >= 11 is 5.82. The van der Waals surface area contributed by atoms with Crippen LogP contribution in [0.2, 0.25) is 5.02 Å². The Morgan fingerprint density at radius 2 is 2.00 bits per heavy atom. The van der Waals surface area contributed by atoms with Gasteiger partial charge in [0.2, 0.25) is 0 Å². The molecule has 1 aromatic heterocycles. The first-order chi connectivity index (χ1) is 8.56. The zero-order chi connectivity index (χ0) is 13.1. The SMILES string of the molecule is Nc1nc(NCc2cccc(Cl)c2)c(F)cc1F. The zero-order valence-corrected chi connectivity index (χ0v) is 10.0. The molecule has 0 atom stereocenters. The first kappa shape index (κ1) is 12.6. The number of nitrogen functional groups attached to an aromatic ring is 1. The van der Waals surface area contributed by atoms with Gasteiger partial charge in [-0.3, -0.25) is 0 Å². The maximum atomic E-state index is 13.4. The number of rotatable bonds is 3. The Labute approximate surface area is 108 Å². The van der Waals surface area contributed by atoms with Gasteiger partial charge in [-0.1, -0.05) is 23.7 Å². The fourth-order valence-corrected chi connectivity index (χ4v) is 1.65. The fourth-order valence-electron chi connectivity index (χ4n) is 1.44. The highest BCUT2D eigenvalue weighted by molar-refractivity contribution is 6.30. The molecule has 0 radical (unpaired) electrons. The number of pyridine rings is 1. The molecule has 0 spiro atoms. The number of anilines is 2. The molecule has 18 heavy (non-hydrogen) atoms. The van der Waals surface area contributed by atoms with Gasteiger partial charge in [-0.15, -0.1) is 0 Å². The predicted octanol–water partition coefficient (Wildman–Crippen LogP) is 3.21. The summed E-state index contributed by atoms with van der Waals surface area (Å²) in [6.45, 7) is 0.315. The summed E-state index contributed by atoms with van der Waals surface area (Å²) in [4.78, 5) is 3.59. The van der Waals surface area contributed by atoms with Gasteiger partial charge < -0.3 is 11.1 Å². The van der Waals surface area contributed by atoms with Crippen molar-refractivity contribution < 1.29 is 8.78 Å². The zero-order valence-electron chi connectivity index (χ0n) is 9.25. The molecule has 0 saturated heterocycles. The van der Waals surface area contributed by atoms with Crippen LogP contribution in [0.25, 0.3) is 0 Å². The van der Waals surface area contributed by atoms with Gasteiger partial charge in [0.1, 0.15) is 0 Å². The highest BCUT2D eigenvalue weighted by Gasteiger charge is 2.09. The Bertz CT molecular complexity index is 575. The number of hydrogen-bond acceptors (Lipinski definition) is 3. The molecule has 0 unspecified atom stereocenters. The third-order valence-electron chi connectivity index (χ3n) is 2.31. The smallest absolute Gasteiger partial charge is 0.168 e. The third kappa shape index (κ3) is 2.87. The Kier molecular flexibility index (Phi) is 3.62. The number of nitrogens with one attached hydrogen (secondary N) is 1. The molecule has 3 nitrogen and oxygen atoms in total. The van der Waals surface area contributed by atoms with E-state index in [0.29, 0.717) is 17.6 Å². The molecule has 0 fully saturated rings. The van der Waals surface area contributed by atoms with Gasteiger partial charge in [-0.25, -0.2) is 13.8 Å². The molecule has 6 heteroatoms. The minimum Gasteiger partial charge on any atom is -0.381 e. The molecule has 2 aromatic rings. The number of benzene rings is 1. The van der Waals surface area contributed by atoms with Crippen molar-refractivity contribution >= 4 is 23.2 Å². The average molecular weight is 270 g/mol. The second kappa shape index (κ2) is 5.18. The lowest BCUT2D eigenvalue weighted by Gasteiger charge is -2.08. The lowest BCUT2D eigenvalue weighted by molar-refractivity contribution is 0.579. The Hall–Kier alpha value is -1.88. The van der Waals surface area contributed by atoms with Crippen LogP contribution in [0.15, 0.2) is 30.3 Å². The van der Waals surface area contributed by atoms with Gasteiger partial charge in [0.15, 0.2) is 23.3 Å². The van der Waals surface area contributed by atoms with Crippen LogP contribution in [-0.2, 0) is 6.54 Å². The van der Waals surface area contributed by atoms with Crippen molar-refractivity contribution in [3.63, 3.8) is 0 Å². The Balaban J connectivity index is 2.13. The molecule has 0 aliphatic carbocycles. The van der Waals surface area contributed by atoms with Crippen molar-refractivity contribution in [1.82, 2.24) is 4.98 Å². The maximum absolute atomic E-state index is 13.4. The maximum Gasteiger partial charge on any atom is 0.168 e. The quantitative estimate of drug-likeness (QED) is 0.900. The second-order valence-electron chi connectivity index (χ2n) is 3.67. The van der Waals surface area contributed by atoms with E-state index in [1.165, 1.54) is 0 Å². The number of halogens is 3. The van der Waals surface area contributed by atoms with E-state index >= 15 is 0 Å². The first-order valence-corrected chi connectivity index (χ1v) is 5.54. The monoisotopic (exact) mass is 269 g/mol. The number of nitrogens with two attached hydrogens (primary N) is 1. The molecule has 1 heterocycles. The minimum absolute atomic E-state index is 0.0890. The minimum atomic E-state index is -0.874. The Morgan fingerprint density at radius 1 is 1.22 bits per heavy atom. The van der Waals surface area contributed by atoms with Gasteiger partial charge in [0.05, 0.1) is 0 Å². The highest BCUT2D eigenvalue weighted by Crippen LogP contribution is 2.18. The number of aromatic nitrogens is 1. The topological polar surface area (TPSA) is 50.9 Å². The van der Waals surface area contributed by atoms with Crippen LogP contribution in [-0.4, -0.2) is 4.98 Å².